The Morgan fingerprint density at radius 1 is 0.714 bits per heavy atom. The van der Waals surface area contributed by atoms with Crippen molar-refractivity contribution in [1.82, 2.24) is 0 Å². The van der Waals surface area contributed by atoms with Gasteiger partial charge in [0.15, 0.2) is 0 Å². The van der Waals surface area contributed by atoms with Crippen LogP contribution in [0.5, 0.6) is 0 Å². The van der Waals surface area contributed by atoms with Gasteiger partial charge in [0.05, 0.1) is 5.24 Å². The van der Waals surface area contributed by atoms with E-state index in [1.54, 1.807) is 0 Å². The van der Waals surface area contributed by atoms with E-state index in [1.165, 1.54) is 114 Å². The van der Waals surface area contributed by atoms with Crippen LogP contribution >= 0.6 is 0 Å². The number of primary amides is 1. The van der Waals surface area contributed by atoms with E-state index in [0.29, 0.717) is 0 Å². The van der Waals surface area contributed by atoms with Crippen LogP contribution in [0.2, 0.25) is 0 Å². The number of rotatable bonds is 19. The molecule has 0 aliphatic carbocycles. The monoisotopic (exact) mass is 572 g/mol. The minimum absolute atomic E-state index is 0. The summed E-state index contributed by atoms with van der Waals surface area (Å²) in [5.41, 5.74) is 7.96. The molecule has 0 fully saturated rings. The first-order valence-corrected chi connectivity index (χ1v) is 14.3. The zero-order valence-electron chi connectivity index (χ0n) is 22.4. The molecule has 1 aromatic carbocycles. The van der Waals surface area contributed by atoms with Crippen LogP contribution in [0.25, 0.3) is 0 Å². The minimum Gasteiger partial charge on any atom is -0.719 e. The molecule has 0 saturated carbocycles. The maximum absolute atomic E-state index is 11.5. The van der Waals surface area contributed by atoms with Gasteiger partial charge in [-0.05, 0) is 42.9 Å². The molecule has 0 radical (unpaired) electrons. The third-order valence-corrected chi connectivity index (χ3v) is 6.19. The summed E-state index contributed by atoms with van der Waals surface area (Å²) in [6, 6.07) is 6.33. The second kappa shape index (κ2) is 26.3. The van der Waals surface area contributed by atoms with E-state index < -0.39 is 5.24 Å². The fraction of sp³-hybridized carbons (Fsp3) is 0.714. The molecule has 1 aromatic rings. The zero-order valence-corrected chi connectivity index (χ0v) is 27.0. The molecule has 0 unspecified atom stereocenters. The van der Waals surface area contributed by atoms with Gasteiger partial charge in [0, 0.05) is 5.69 Å². The Morgan fingerprint density at radius 3 is 1.54 bits per heavy atom. The Balaban J connectivity index is 0. The molecule has 0 aliphatic rings. The summed E-state index contributed by atoms with van der Waals surface area (Å²) in [5.74, 6) is 0. The number of amides is 2. The third-order valence-electron chi connectivity index (χ3n) is 6.09. The summed E-state index contributed by atoms with van der Waals surface area (Å²) in [7, 11) is 0. The first kappa shape index (κ1) is 36.4. The summed E-state index contributed by atoms with van der Waals surface area (Å²) in [6.07, 6.45) is 23.5. The van der Waals surface area contributed by atoms with Gasteiger partial charge in [0.25, 0.3) is 0 Å². The van der Waals surface area contributed by atoms with Crippen molar-refractivity contribution < 1.29 is 29.1 Å². The number of hydrogen-bond donors (Lipinski definition) is 2. The van der Waals surface area contributed by atoms with Crippen molar-refractivity contribution >= 4 is 41.4 Å². The number of aryl methyl sites for hydroxylation is 1. The van der Waals surface area contributed by atoms with Gasteiger partial charge < -0.3 is 45.9 Å². The molecule has 0 spiro atoms. The van der Waals surface area contributed by atoms with Crippen molar-refractivity contribution in [1.29, 1.82) is 0 Å². The second-order valence-corrected chi connectivity index (χ2v) is 9.90. The predicted molar refractivity (Wildman–Crippen MR) is 152 cm³/mol. The molecule has 3 N–H and O–H groups in total. The van der Waals surface area contributed by atoms with Crippen LogP contribution < -0.4 is 11.1 Å². The number of nitrogens with two attached hydrogens (primary N) is 1. The largest absolute Gasteiger partial charge is 2.00 e. The number of carbonyl (C=O) groups excluding carboxylic acids is 2. The summed E-state index contributed by atoms with van der Waals surface area (Å²) >= 11 is 8.54. The fourth-order valence-electron chi connectivity index (χ4n) is 4.28. The smallest absolute Gasteiger partial charge is 0.719 e. The number of benzene rings is 1. The standard InChI is InChI=1S/C27H47NOS.CH3NOS.Zn/c1-3-5-7-9-11-13-15-17-20-24-21-19-23-26(28-27(29)30)25(24)22-18-16-14-12-10-8-6-4-2;2-1(3)4;/h19,21,23H,3-18,20,22H2,1-2H3,(H2,28,29,30);(H3,2,3,4);/q;;+2/p-2. The normalized spacial score (nSPS) is 10.1. The maximum Gasteiger partial charge on any atom is 2.00 e. The van der Waals surface area contributed by atoms with Crippen molar-refractivity contribution in [3.63, 3.8) is 0 Å². The molecule has 0 atom stereocenters. The van der Waals surface area contributed by atoms with Crippen LogP contribution in [0, 0.1) is 0 Å². The predicted octanol–water partition coefficient (Wildman–Crippen LogP) is 8.74. The van der Waals surface area contributed by atoms with Gasteiger partial charge in [-0.25, -0.2) is 0 Å². The van der Waals surface area contributed by atoms with Gasteiger partial charge in [0.1, 0.15) is 5.24 Å². The second-order valence-electron chi connectivity index (χ2n) is 9.12. The number of hydrogen-bond acceptors (Lipinski definition) is 4. The van der Waals surface area contributed by atoms with E-state index in [1.807, 2.05) is 6.07 Å². The summed E-state index contributed by atoms with van der Waals surface area (Å²) in [6.45, 7) is 4.54. The first-order valence-electron chi connectivity index (χ1n) is 13.5. The molecular formula is C28H48N2O2S2Zn. The van der Waals surface area contributed by atoms with E-state index in [9.17, 15) is 4.79 Å². The summed E-state index contributed by atoms with van der Waals surface area (Å²) < 4.78 is 0. The first-order chi connectivity index (χ1) is 16.4. The number of nitrogens with one attached hydrogen (secondary N) is 1. The van der Waals surface area contributed by atoms with E-state index in [-0.39, 0.29) is 24.7 Å². The Kier molecular flexibility index (Phi) is 27.3. The molecular weight excluding hydrogens is 526 g/mol. The molecule has 0 bridgehead atoms. The Morgan fingerprint density at radius 2 is 1.11 bits per heavy atom. The van der Waals surface area contributed by atoms with Crippen molar-refractivity contribution in [3.8, 4) is 0 Å². The van der Waals surface area contributed by atoms with Crippen molar-refractivity contribution in [3.05, 3.63) is 29.3 Å². The van der Waals surface area contributed by atoms with E-state index in [4.69, 9.17) is 17.4 Å². The Labute approximate surface area is 239 Å². The average Bonchev–Trinajstić information content (AvgIpc) is 2.78. The van der Waals surface area contributed by atoms with E-state index >= 15 is 0 Å². The Hall–Kier alpha value is -0.777. The molecule has 0 heterocycles. The van der Waals surface area contributed by atoms with Gasteiger partial charge >= 0.3 is 19.5 Å². The van der Waals surface area contributed by atoms with Crippen molar-refractivity contribution in [2.24, 2.45) is 5.73 Å². The fourth-order valence-corrected chi connectivity index (χ4v) is 4.39. The molecule has 1 rings (SSSR count). The Bertz CT molecular complexity index is 656. The van der Waals surface area contributed by atoms with Gasteiger partial charge in [-0.15, -0.1) is 0 Å². The maximum atomic E-state index is 11.5. The molecule has 0 aromatic heterocycles. The van der Waals surface area contributed by atoms with Crippen molar-refractivity contribution in [2.75, 3.05) is 5.32 Å². The van der Waals surface area contributed by atoms with Crippen molar-refractivity contribution in [2.45, 2.75) is 129 Å². The van der Waals surface area contributed by atoms with E-state index in [0.717, 1.165) is 18.5 Å². The van der Waals surface area contributed by atoms with E-state index in [2.05, 4.69) is 49.7 Å². The molecule has 0 saturated heterocycles. The molecule has 7 heteroatoms. The van der Waals surface area contributed by atoms with Crippen LogP contribution in [0.3, 0.4) is 0 Å². The molecule has 196 valence electrons. The molecule has 35 heavy (non-hydrogen) atoms. The number of unbranched alkanes of at least 4 members (excludes halogenated alkanes) is 14. The van der Waals surface area contributed by atoms with Crippen LogP contribution in [0.1, 0.15) is 128 Å². The minimum atomic E-state index is -0.750. The van der Waals surface area contributed by atoms with Gasteiger partial charge in [-0.3, -0.25) is 0 Å². The topological polar surface area (TPSA) is 72.2 Å². The third kappa shape index (κ3) is 23.4. The molecule has 2 amide bonds. The van der Waals surface area contributed by atoms with Crippen LogP contribution in [0.15, 0.2) is 18.2 Å². The summed E-state index contributed by atoms with van der Waals surface area (Å²) in [4.78, 5) is 20.5. The van der Waals surface area contributed by atoms with Crippen LogP contribution in [-0.4, -0.2) is 10.5 Å². The molecule has 0 aliphatic heterocycles. The summed E-state index contributed by atoms with van der Waals surface area (Å²) in [5, 5.41) is 1.77. The molecule has 4 nitrogen and oxygen atoms in total. The SMILES string of the molecule is CCCCCCCCCCc1cccc(NC(=O)[S-])c1CCCCCCCCCC.NC(=O)[S-].[Zn+2]. The van der Waals surface area contributed by atoms with Gasteiger partial charge in [-0.1, -0.05) is 116 Å². The average molecular weight is 574 g/mol. The van der Waals surface area contributed by atoms with Crippen LogP contribution in [-0.2, 0) is 57.6 Å². The van der Waals surface area contributed by atoms with Gasteiger partial charge in [0.2, 0.25) is 0 Å². The number of carbonyl (C=O) groups is 2. The number of anilines is 1. The zero-order chi connectivity index (χ0) is 25.4. The quantitative estimate of drug-likeness (QED) is 0.0985. The van der Waals surface area contributed by atoms with Gasteiger partial charge in [-0.2, -0.15) is 0 Å². The van der Waals surface area contributed by atoms with Crippen LogP contribution in [0.4, 0.5) is 15.3 Å².